The normalized spacial score (nSPS) is 12.7. The van der Waals surface area contributed by atoms with E-state index in [2.05, 4.69) is 18.8 Å². The summed E-state index contributed by atoms with van der Waals surface area (Å²) in [6, 6.07) is 3.34. The number of aromatic nitrogens is 1. The number of unbranched alkanes of at least 4 members (excludes halogenated alkanes) is 1. The van der Waals surface area contributed by atoms with Crippen LogP contribution in [0, 0.1) is 5.82 Å². The molecule has 0 saturated heterocycles. The van der Waals surface area contributed by atoms with Crippen LogP contribution in [-0.4, -0.2) is 4.98 Å². The lowest BCUT2D eigenvalue weighted by Gasteiger charge is -2.14. The van der Waals surface area contributed by atoms with Gasteiger partial charge in [-0.1, -0.05) is 33.1 Å². The van der Waals surface area contributed by atoms with Crippen LogP contribution in [0.3, 0.4) is 0 Å². The summed E-state index contributed by atoms with van der Waals surface area (Å²) in [5.74, 6) is 0.264. The van der Waals surface area contributed by atoms with E-state index >= 15 is 0 Å². The maximum Gasteiger partial charge on any atom is 0.141 e. The third kappa shape index (κ3) is 3.98. The molecule has 1 unspecified atom stereocenters. The molecule has 1 heterocycles. The highest BCUT2D eigenvalue weighted by molar-refractivity contribution is 5.10. The molecule has 0 aliphatic carbocycles. The van der Waals surface area contributed by atoms with Gasteiger partial charge in [0.05, 0.1) is 6.20 Å². The van der Waals surface area contributed by atoms with E-state index in [1.807, 2.05) is 6.07 Å². The molecule has 0 amide bonds. The Bertz CT molecular complexity index is 268. The molecule has 0 bridgehead atoms. The number of nitrogens with zero attached hydrogens (tertiary/aromatic N) is 1. The van der Waals surface area contributed by atoms with Crippen molar-refractivity contribution < 1.29 is 4.39 Å². The molecule has 1 nitrogen and oxygen atoms in total. The van der Waals surface area contributed by atoms with Crippen LogP contribution in [0.5, 0.6) is 0 Å². The summed E-state index contributed by atoms with van der Waals surface area (Å²) in [6.07, 6.45) is 7.24. The minimum absolute atomic E-state index is 0.246. The van der Waals surface area contributed by atoms with Crippen molar-refractivity contribution in [1.29, 1.82) is 0 Å². The fourth-order valence-corrected chi connectivity index (χ4v) is 1.87. The van der Waals surface area contributed by atoms with Gasteiger partial charge in [-0.2, -0.15) is 0 Å². The van der Waals surface area contributed by atoms with Crippen LogP contribution >= 0.6 is 0 Å². The predicted molar refractivity (Wildman–Crippen MR) is 61.4 cm³/mol. The Labute approximate surface area is 91.7 Å². The van der Waals surface area contributed by atoms with Gasteiger partial charge >= 0.3 is 0 Å². The van der Waals surface area contributed by atoms with Crippen molar-refractivity contribution in [3.63, 3.8) is 0 Å². The van der Waals surface area contributed by atoms with Gasteiger partial charge in [0.25, 0.3) is 0 Å². The molecule has 84 valence electrons. The molecule has 0 aliphatic heterocycles. The van der Waals surface area contributed by atoms with Crippen LogP contribution in [0.25, 0.3) is 0 Å². The van der Waals surface area contributed by atoms with Gasteiger partial charge in [-0.3, -0.25) is 4.98 Å². The molecular formula is C13H20FN. The van der Waals surface area contributed by atoms with Crippen molar-refractivity contribution in [2.75, 3.05) is 0 Å². The van der Waals surface area contributed by atoms with E-state index in [-0.39, 0.29) is 5.82 Å². The SMILES string of the molecule is CCCCC(CCC)c1ccc(F)cn1. The lowest BCUT2D eigenvalue weighted by molar-refractivity contribution is 0.526. The molecule has 2 heteroatoms. The van der Waals surface area contributed by atoms with E-state index < -0.39 is 0 Å². The number of halogens is 1. The Morgan fingerprint density at radius 1 is 1.20 bits per heavy atom. The second kappa shape index (κ2) is 6.54. The zero-order valence-electron chi connectivity index (χ0n) is 9.67. The predicted octanol–water partition coefficient (Wildman–Crippen LogP) is 4.29. The molecule has 0 fully saturated rings. The smallest absolute Gasteiger partial charge is 0.141 e. The lowest BCUT2D eigenvalue weighted by Crippen LogP contribution is -2.01. The number of hydrogen-bond acceptors (Lipinski definition) is 1. The maximum atomic E-state index is 12.7. The van der Waals surface area contributed by atoms with Crippen LogP contribution in [0.15, 0.2) is 18.3 Å². The molecule has 15 heavy (non-hydrogen) atoms. The Kier molecular flexibility index (Phi) is 5.30. The summed E-state index contributed by atoms with van der Waals surface area (Å²) in [6.45, 7) is 4.38. The fraction of sp³-hybridized carbons (Fsp3) is 0.615. The molecule has 1 atom stereocenters. The van der Waals surface area contributed by atoms with Gasteiger partial charge in [0, 0.05) is 11.6 Å². The first-order valence-electron chi connectivity index (χ1n) is 5.89. The van der Waals surface area contributed by atoms with Crippen molar-refractivity contribution in [1.82, 2.24) is 4.98 Å². The molecule has 1 aromatic heterocycles. The third-order valence-corrected chi connectivity index (χ3v) is 2.71. The summed E-state index contributed by atoms with van der Waals surface area (Å²) in [4.78, 5) is 4.18. The summed E-state index contributed by atoms with van der Waals surface area (Å²) in [7, 11) is 0. The monoisotopic (exact) mass is 209 g/mol. The summed E-state index contributed by atoms with van der Waals surface area (Å²) < 4.78 is 12.7. The number of hydrogen-bond donors (Lipinski definition) is 0. The fourth-order valence-electron chi connectivity index (χ4n) is 1.87. The minimum Gasteiger partial charge on any atom is -0.258 e. The Hall–Kier alpha value is -0.920. The molecule has 0 spiro atoms. The van der Waals surface area contributed by atoms with Gasteiger partial charge < -0.3 is 0 Å². The Morgan fingerprint density at radius 2 is 2.00 bits per heavy atom. The number of pyridine rings is 1. The largest absolute Gasteiger partial charge is 0.258 e. The topological polar surface area (TPSA) is 12.9 Å². The minimum atomic E-state index is -0.246. The molecule has 0 aliphatic rings. The molecule has 0 N–H and O–H groups in total. The average molecular weight is 209 g/mol. The van der Waals surface area contributed by atoms with Crippen molar-refractivity contribution >= 4 is 0 Å². The lowest BCUT2D eigenvalue weighted by atomic mass is 9.93. The first-order valence-corrected chi connectivity index (χ1v) is 5.89. The molecular weight excluding hydrogens is 189 g/mol. The van der Waals surface area contributed by atoms with Crippen LogP contribution in [-0.2, 0) is 0 Å². The van der Waals surface area contributed by atoms with Gasteiger partial charge in [-0.15, -0.1) is 0 Å². The Morgan fingerprint density at radius 3 is 2.53 bits per heavy atom. The zero-order valence-corrected chi connectivity index (χ0v) is 9.67. The molecule has 1 rings (SSSR count). The number of rotatable bonds is 6. The molecule has 0 radical (unpaired) electrons. The van der Waals surface area contributed by atoms with E-state index in [0.717, 1.165) is 18.5 Å². The highest BCUT2D eigenvalue weighted by Gasteiger charge is 2.11. The van der Waals surface area contributed by atoms with Crippen LogP contribution < -0.4 is 0 Å². The van der Waals surface area contributed by atoms with E-state index in [1.54, 1.807) is 0 Å². The highest BCUT2D eigenvalue weighted by atomic mass is 19.1. The van der Waals surface area contributed by atoms with Gasteiger partial charge in [0.2, 0.25) is 0 Å². The summed E-state index contributed by atoms with van der Waals surface area (Å²) >= 11 is 0. The van der Waals surface area contributed by atoms with Gasteiger partial charge in [0.1, 0.15) is 5.82 Å². The van der Waals surface area contributed by atoms with Crippen molar-refractivity contribution in [3.8, 4) is 0 Å². The van der Waals surface area contributed by atoms with Gasteiger partial charge in [-0.25, -0.2) is 4.39 Å². The second-order valence-corrected chi connectivity index (χ2v) is 4.03. The van der Waals surface area contributed by atoms with Crippen molar-refractivity contribution in [3.05, 3.63) is 29.8 Å². The second-order valence-electron chi connectivity index (χ2n) is 4.03. The van der Waals surface area contributed by atoms with E-state index in [1.165, 1.54) is 31.5 Å². The van der Waals surface area contributed by atoms with E-state index in [4.69, 9.17) is 0 Å². The summed E-state index contributed by atoms with van der Waals surface area (Å²) in [5, 5.41) is 0. The van der Waals surface area contributed by atoms with E-state index in [0.29, 0.717) is 5.92 Å². The summed E-state index contributed by atoms with van der Waals surface area (Å²) in [5.41, 5.74) is 1.05. The van der Waals surface area contributed by atoms with Crippen molar-refractivity contribution in [2.45, 2.75) is 51.9 Å². The van der Waals surface area contributed by atoms with Crippen molar-refractivity contribution in [2.24, 2.45) is 0 Å². The molecule has 0 saturated carbocycles. The first kappa shape index (κ1) is 12.2. The Balaban J connectivity index is 2.65. The standard InChI is InChI=1S/C13H20FN/c1-3-5-7-11(6-4-2)13-9-8-12(14)10-15-13/h8-11H,3-7H2,1-2H3. The molecule has 0 aromatic carbocycles. The third-order valence-electron chi connectivity index (χ3n) is 2.71. The van der Waals surface area contributed by atoms with Crippen LogP contribution in [0.4, 0.5) is 4.39 Å². The quantitative estimate of drug-likeness (QED) is 0.681. The van der Waals surface area contributed by atoms with Gasteiger partial charge in [-0.05, 0) is 25.0 Å². The van der Waals surface area contributed by atoms with Crippen LogP contribution in [0.1, 0.15) is 57.6 Å². The maximum absolute atomic E-state index is 12.7. The highest BCUT2D eigenvalue weighted by Crippen LogP contribution is 2.25. The average Bonchev–Trinajstić information content (AvgIpc) is 2.25. The van der Waals surface area contributed by atoms with E-state index in [9.17, 15) is 4.39 Å². The first-order chi connectivity index (χ1) is 7.27. The zero-order chi connectivity index (χ0) is 11.1. The van der Waals surface area contributed by atoms with Gasteiger partial charge in [0.15, 0.2) is 0 Å². The molecule has 1 aromatic rings. The van der Waals surface area contributed by atoms with Crippen LogP contribution in [0.2, 0.25) is 0 Å².